The highest BCUT2D eigenvalue weighted by molar-refractivity contribution is 7.91. The van der Waals surface area contributed by atoms with Crippen LogP contribution in [0.5, 0.6) is 0 Å². The van der Waals surface area contributed by atoms with E-state index in [0.717, 1.165) is 43.6 Å². The Morgan fingerprint density at radius 3 is 2.63 bits per heavy atom. The Morgan fingerprint density at radius 1 is 1.32 bits per heavy atom. The van der Waals surface area contributed by atoms with Crippen molar-refractivity contribution in [3.8, 4) is 0 Å². The molecule has 4 nitrogen and oxygen atoms in total. The van der Waals surface area contributed by atoms with Crippen LogP contribution in [0.1, 0.15) is 44.4 Å². The first kappa shape index (κ1) is 15.0. The highest BCUT2D eigenvalue weighted by Crippen LogP contribution is 2.31. The van der Waals surface area contributed by atoms with Crippen LogP contribution in [0.2, 0.25) is 0 Å². The van der Waals surface area contributed by atoms with Gasteiger partial charge in [-0.3, -0.25) is 0 Å². The fourth-order valence-electron chi connectivity index (χ4n) is 2.48. The van der Waals surface area contributed by atoms with Crippen LogP contribution in [0.15, 0.2) is 16.3 Å². The van der Waals surface area contributed by atoms with Crippen molar-refractivity contribution in [3.63, 3.8) is 0 Å². The van der Waals surface area contributed by atoms with Crippen molar-refractivity contribution in [1.82, 2.24) is 10.0 Å². The van der Waals surface area contributed by atoms with Crippen LogP contribution in [0, 0.1) is 0 Å². The maximum absolute atomic E-state index is 12.4. The molecule has 0 aromatic carbocycles. The normalized spacial score (nSPS) is 18.8. The number of nitrogens with one attached hydrogen (secondary N) is 2. The number of rotatable bonds is 6. The van der Waals surface area contributed by atoms with Gasteiger partial charge in [0.25, 0.3) is 10.0 Å². The van der Waals surface area contributed by atoms with Crippen molar-refractivity contribution in [3.05, 3.63) is 17.0 Å². The quantitative estimate of drug-likeness (QED) is 0.848. The summed E-state index contributed by atoms with van der Waals surface area (Å²) in [4.78, 5) is 1.05. The molecule has 1 aliphatic rings. The van der Waals surface area contributed by atoms with Crippen molar-refractivity contribution in [2.75, 3.05) is 6.54 Å². The molecule has 0 spiro atoms. The summed E-state index contributed by atoms with van der Waals surface area (Å²) in [5, 5.41) is 3.21. The van der Waals surface area contributed by atoms with Gasteiger partial charge in [-0.25, -0.2) is 13.1 Å². The summed E-state index contributed by atoms with van der Waals surface area (Å²) in [6, 6.07) is 3.59. The van der Waals surface area contributed by atoms with E-state index in [4.69, 9.17) is 0 Å². The van der Waals surface area contributed by atoms with E-state index in [-0.39, 0.29) is 5.54 Å². The first-order valence-corrected chi connectivity index (χ1v) is 9.09. The van der Waals surface area contributed by atoms with Crippen LogP contribution < -0.4 is 10.0 Å². The second-order valence-corrected chi connectivity index (χ2v) is 8.45. The molecule has 1 fully saturated rings. The zero-order chi connectivity index (χ0) is 13.9. The second kappa shape index (κ2) is 5.91. The lowest BCUT2D eigenvalue weighted by molar-refractivity contribution is 0.428. The third-order valence-corrected chi connectivity index (χ3v) is 6.75. The molecule has 0 unspecified atom stereocenters. The number of hydrogen-bond acceptors (Lipinski definition) is 4. The Morgan fingerprint density at radius 2 is 2.00 bits per heavy atom. The summed E-state index contributed by atoms with van der Waals surface area (Å²) < 4.78 is 28.0. The van der Waals surface area contributed by atoms with Crippen LogP contribution in [0.25, 0.3) is 0 Å². The zero-order valence-corrected chi connectivity index (χ0v) is 13.2. The van der Waals surface area contributed by atoms with E-state index in [2.05, 4.69) is 10.0 Å². The standard InChI is InChI=1S/C13H22N2O2S2/c1-3-14-10-11-6-7-12(18-11)19(16,17)15-13(2)8-4-5-9-13/h6-7,14-15H,3-5,8-10H2,1-2H3. The minimum absolute atomic E-state index is 0.259. The first-order valence-electron chi connectivity index (χ1n) is 6.79. The van der Waals surface area contributed by atoms with Crippen molar-refractivity contribution in [2.45, 2.75) is 55.8 Å². The fourth-order valence-corrected chi connectivity index (χ4v) is 5.27. The smallest absolute Gasteiger partial charge is 0.250 e. The third-order valence-electron chi connectivity index (χ3n) is 3.54. The molecular weight excluding hydrogens is 280 g/mol. The van der Waals surface area contributed by atoms with Gasteiger partial charge in [0, 0.05) is 17.0 Å². The van der Waals surface area contributed by atoms with Gasteiger partial charge in [-0.2, -0.15) is 0 Å². The molecular formula is C13H22N2O2S2. The molecule has 0 radical (unpaired) electrons. The molecule has 1 saturated carbocycles. The van der Waals surface area contributed by atoms with E-state index < -0.39 is 10.0 Å². The van der Waals surface area contributed by atoms with Gasteiger partial charge < -0.3 is 5.32 Å². The Hall–Kier alpha value is -0.430. The highest BCUT2D eigenvalue weighted by atomic mass is 32.2. The Kier molecular flexibility index (Phi) is 4.66. The van der Waals surface area contributed by atoms with Gasteiger partial charge >= 0.3 is 0 Å². The average Bonchev–Trinajstić information content (AvgIpc) is 2.95. The largest absolute Gasteiger partial charge is 0.312 e. The van der Waals surface area contributed by atoms with Crippen LogP contribution in [-0.4, -0.2) is 20.5 Å². The summed E-state index contributed by atoms with van der Waals surface area (Å²) in [5.41, 5.74) is -0.259. The van der Waals surface area contributed by atoms with Crippen molar-refractivity contribution in [1.29, 1.82) is 0 Å². The maximum atomic E-state index is 12.4. The molecule has 0 atom stereocenters. The lowest BCUT2D eigenvalue weighted by Crippen LogP contribution is -2.43. The summed E-state index contributed by atoms with van der Waals surface area (Å²) in [6.07, 6.45) is 4.08. The third kappa shape index (κ3) is 3.78. The van der Waals surface area contributed by atoms with Gasteiger partial charge in [-0.05, 0) is 38.4 Å². The van der Waals surface area contributed by atoms with Crippen molar-refractivity contribution >= 4 is 21.4 Å². The van der Waals surface area contributed by atoms with E-state index in [1.54, 1.807) is 6.07 Å². The predicted molar refractivity (Wildman–Crippen MR) is 78.9 cm³/mol. The fraction of sp³-hybridized carbons (Fsp3) is 0.692. The molecule has 2 N–H and O–H groups in total. The molecule has 2 rings (SSSR count). The molecule has 1 aromatic heterocycles. The Bertz CT molecular complexity index is 517. The lowest BCUT2D eigenvalue weighted by Gasteiger charge is -2.24. The molecule has 0 aliphatic heterocycles. The number of hydrogen-bond donors (Lipinski definition) is 2. The van der Waals surface area contributed by atoms with E-state index in [0.29, 0.717) is 4.21 Å². The van der Waals surface area contributed by atoms with E-state index >= 15 is 0 Å². The molecule has 6 heteroatoms. The summed E-state index contributed by atoms with van der Waals surface area (Å²) in [5.74, 6) is 0. The van der Waals surface area contributed by atoms with Crippen molar-refractivity contribution in [2.24, 2.45) is 0 Å². The highest BCUT2D eigenvalue weighted by Gasteiger charge is 2.34. The topological polar surface area (TPSA) is 58.2 Å². The molecule has 1 aromatic rings. The van der Waals surface area contributed by atoms with Crippen LogP contribution in [-0.2, 0) is 16.6 Å². The van der Waals surface area contributed by atoms with E-state index in [9.17, 15) is 8.42 Å². The van der Waals surface area contributed by atoms with E-state index in [1.165, 1.54) is 11.3 Å². The molecule has 0 saturated heterocycles. The molecule has 1 heterocycles. The van der Waals surface area contributed by atoms with Crippen LogP contribution in [0.4, 0.5) is 0 Å². The SMILES string of the molecule is CCNCc1ccc(S(=O)(=O)NC2(C)CCCC2)s1. The van der Waals surface area contributed by atoms with Crippen molar-refractivity contribution < 1.29 is 8.42 Å². The zero-order valence-electron chi connectivity index (χ0n) is 11.5. The van der Waals surface area contributed by atoms with E-state index in [1.807, 2.05) is 19.9 Å². The number of sulfonamides is 1. The van der Waals surface area contributed by atoms with Gasteiger partial charge in [-0.15, -0.1) is 11.3 Å². The summed E-state index contributed by atoms with van der Waals surface area (Å²) in [6.45, 7) is 5.66. The van der Waals surface area contributed by atoms with Gasteiger partial charge in [0.05, 0.1) is 0 Å². The summed E-state index contributed by atoms with van der Waals surface area (Å²) >= 11 is 1.35. The van der Waals surface area contributed by atoms with Gasteiger partial charge in [0.1, 0.15) is 4.21 Å². The van der Waals surface area contributed by atoms with Gasteiger partial charge in [0.2, 0.25) is 0 Å². The molecule has 0 amide bonds. The Balaban J connectivity index is 2.08. The molecule has 108 valence electrons. The molecule has 0 bridgehead atoms. The minimum Gasteiger partial charge on any atom is -0.312 e. The van der Waals surface area contributed by atoms with Gasteiger partial charge in [-0.1, -0.05) is 19.8 Å². The number of thiophene rings is 1. The van der Waals surface area contributed by atoms with Gasteiger partial charge in [0.15, 0.2) is 0 Å². The molecule has 1 aliphatic carbocycles. The second-order valence-electron chi connectivity index (χ2n) is 5.37. The predicted octanol–water partition coefficient (Wildman–Crippen LogP) is 2.47. The lowest BCUT2D eigenvalue weighted by atomic mass is 10.0. The molecule has 19 heavy (non-hydrogen) atoms. The maximum Gasteiger partial charge on any atom is 0.250 e. The minimum atomic E-state index is -3.37. The van der Waals surface area contributed by atoms with Crippen LogP contribution >= 0.6 is 11.3 Å². The van der Waals surface area contributed by atoms with Crippen LogP contribution in [0.3, 0.4) is 0 Å². The first-order chi connectivity index (χ1) is 8.95. The monoisotopic (exact) mass is 302 g/mol. The average molecular weight is 302 g/mol. The Labute approximate surface area is 119 Å². The summed E-state index contributed by atoms with van der Waals surface area (Å²) in [7, 11) is -3.37.